The summed E-state index contributed by atoms with van der Waals surface area (Å²) < 4.78 is 45.8. The normalized spacial score (nSPS) is 15.8. The molecule has 1 aliphatic carbocycles. The Kier molecular flexibility index (Phi) is 5.41. The molecule has 0 bridgehead atoms. The van der Waals surface area contributed by atoms with E-state index in [0.717, 1.165) is 18.9 Å². The van der Waals surface area contributed by atoms with E-state index in [1.165, 1.54) is 25.8 Å². The van der Waals surface area contributed by atoms with Gasteiger partial charge in [0, 0.05) is 18.9 Å². The molecular formula is C16H19ClFN3O3S. The summed E-state index contributed by atoms with van der Waals surface area (Å²) in [6.07, 6.45) is 4.74. The first-order valence-corrected chi connectivity index (χ1v) is 10.0. The van der Waals surface area contributed by atoms with Gasteiger partial charge >= 0.3 is 0 Å². The minimum absolute atomic E-state index is 0.0960. The molecule has 1 aliphatic rings. The Morgan fingerprint density at radius 1 is 1.36 bits per heavy atom. The number of halogens is 2. The van der Waals surface area contributed by atoms with Crippen LogP contribution in [0.15, 0.2) is 21.6 Å². The van der Waals surface area contributed by atoms with Gasteiger partial charge in [-0.05, 0) is 37.5 Å². The first-order valence-electron chi connectivity index (χ1n) is 8.14. The summed E-state index contributed by atoms with van der Waals surface area (Å²) in [6, 6.07) is 2.21. The van der Waals surface area contributed by atoms with Crippen LogP contribution < -0.4 is 4.72 Å². The second-order valence-corrected chi connectivity index (χ2v) is 8.35. The molecule has 6 nitrogen and oxygen atoms in total. The summed E-state index contributed by atoms with van der Waals surface area (Å²) in [5.74, 6) is 0.868. The van der Waals surface area contributed by atoms with Gasteiger partial charge in [0.1, 0.15) is 10.7 Å². The van der Waals surface area contributed by atoms with Crippen LogP contribution in [0.5, 0.6) is 0 Å². The van der Waals surface area contributed by atoms with Crippen LogP contribution in [0.1, 0.15) is 48.9 Å². The van der Waals surface area contributed by atoms with Crippen molar-refractivity contribution in [3.8, 4) is 0 Å². The third-order valence-electron chi connectivity index (χ3n) is 4.33. The summed E-state index contributed by atoms with van der Waals surface area (Å²) in [4.78, 5) is 4.19. The van der Waals surface area contributed by atoms with Crippen molar-refractivity contribution < 1.29 is 17.3 Å². The maximum atomic E-state index is 13.4. The maximum Gasteiger partial charge on any atom is 0.242 e. The van der Waals surface area contributed by atoms with Crippen LogP contribution in [0.4, 0.5) is 4.39 Å². The van der Waals surface area contributed by atoms with Crippen LogP contribution in [0.2, 0.25) is 5.02 Å². The summed E-state index contributed by atoms with van der Waals surface area (Å²) in [7, 11) is -3.84. The topological polar surface area (TPSA) is 85.1 Å². The van der Waals surface area contributed by atoms with Crippen molar-refractivity contribution in [1.29, 1.82) is 0 Å². The molecule has 0 aliphatic heterocycles. The number of rotatable bonds is 6. The monoisotopic (exact) mass is 387 g/mol. The first-order chi connectivity index (χ1) is 11.9. The number of benzene rings is 1. The zero-order valence-electron chi connectivity index (χ0n) is 13.8. The average Bonchev–Trinajstić information content (AvgIpc) is 3.21. The van der Waals surface area contributed by atoms with Crippen LogP contribution in [0.3, 0.4) is 0 Å². The zero-order valence-corrected chi connectivity index (χ0v) is 15.3. The van der Waals surface area contributed by atoms with Gasteiger partial charge in [-0.1, -0.05) is 29.6 Å². The number of nitrogens with zero attached hydrogens (tertiary/aromatic N) is 2. The molecule has 0 amide bonds. The molecule has 0 atom stereocenters. The third kappa shape index (κ3) is 4.19. The minimum Gasteiger partial charge on any atom is -0.339 e. The van der Waals surface area contributed by atoms with E-state index in [4.69, 9.17) is 16.1 Å². The van der Waals surface area contributed by atoms with Crippen molar-refractivity contribution in [2.75, 3.05) is 6.54 Å². The van der Waals surface area contributed by atoms with Crippen molar-refractivity contribution in [3.63, 3.8) is 0 Å². The first kappa shape index (κ1) is 18.3. The Hall–Kier alpha value is -1.51. The Balaban J connectivity index is 1.62. The molecule has 1 heterocycles. The molecule has 1 fully saturated rings. The molecule has 0 spiro atoms. The lowest BCUT2D eigenvalue weighted by atomic mass is 10.1. The molecular weight excluding hydrogens is 369 g/mol. The van der Waals surface area contributed by atoms with Gasteiger partial charge in [0.2, 0.25) is 15.9 Å². The van der Waals surface area contributed by atoms with Gasteiger partial charge in [-0.15, -0.1) is 0 Å². The van der Waals surface area contributed by atoms with Gasteiger partial charge in [0.15, 0.2) is 5.82 Å². The van der Waals surface area contributed by atoms with E-state index in [-0.39, 0.29) is 22.0 Å². The summed E-state index contributed by atoms with van der Waals surface area (Å²) >= 11 is 5.86. The predicted octanol–water partition coefficient (Wildman–Crippen LogP) is 3.35. The lowest BCUT2D eigenvalue weighted by Crippen LogP contribution is -2.26. The van der Waals surface area contributed by atoms with Crippen molar-refractivity contribution in [2.45, 2.75) is 49.8 Å². The van der Waals surface area contributed by atoms with Crippen molar-refractivity contribution in [2.24, 2.45) is 0 Å². The van der Waals surface area contributed by atoms with Gasteiger partial charge in [-0.3, -0.25) is 0 Å². The van der Waals surface area contributed by atoms with Crippen LogP contribution >= 0.6 is 11.6 Å². The molecule has 136 valence electrons. The number of nitrogens with one attached hydrogen (secondary N) is 1. The summed E-state index contributed by atoms with van der Waals surface area (Å²) in [6.45, 7) is 1.58. The molecule has 2 aromatic rings. The molecule has 1 N–H and O–H groups in total. The highest BCUT2D eigenvalue weighted by Crippen LogP contribution is 2.32. The number of aromatic nitrogens is 2. The molecule has 1 aromatic heterocycles. The fourth-order valence-corrected chi connectivity index (χ4v) is 4.55. The SMILES string of the molecule is Cc1cc(S(=O)(=O)NCCc2noc(C3CCCC3)n2)c(Cl)cc1F. The Morgan fingerprint density at radius 3 is 2.80 bits per heavy atom. The van der Waals surface area contributed by atoms with E-state index < -0.39 is 15.8 Å². The molecule has 25 heavy (non-hydrogen) atoms. The van der Waals surface area contributed by atoms with Gasteiger partial charge in [0.05, 0.1) is 5.02 Å². The van der Waals surface area contributed by atoms with E-state index >= 15 is 0 Å². The second kappa shape index (κ2) is 7.39. The van der Waals surface area contributed by atoms with Crippen LogP contribution in [-0.2, 0) is 16.4 Å². The van der Waals surface area contributed by atoms with Gasteiger partial charge in [0.25, 0.3) is 0 Å². The van der Waals surface area contributed by atoms with E-state index in [1.54, 1.807) is 0 Å². The van der Waals surface area contributed by atoms with Crippen molar-refractivity contribution >= 4 is 21.6 Å². The fraction of sp³-hybridized carbons (Fsp3) is 0.500. The van der Waals surface area contributed by atoms with E-state index in [2.05, 4.69) is 14.9 Å². The van der Waals surface area contributed by atoms with E-state index in [0.29, 0.717) is 24.1 Å². The maximum absolute atomic E-state index is 13.4. The molecule has 3 rings (SSSR count). The highest BCUT2D eigenvalue weighted by Gasteiger charge is 2.23. The lowest BCUT2D eigenvalue weighted by Gasteiger charge is -2.09. The Bertz CT molecular complexity index is 864. The molecule has 1 aromatic carbocycles. The smallest absolute Gasteiger partial charge is 0.242 e. The number of hydrogen-bond acceptors (Lipinski definition) is 5. The van der Waals surface area contributed by atoms with Gasteiger partial charge in [-0.25, -0.2) is 17.5 Å². The van der Waals surface area contributed by atoms with Gasteiger partial charge in [-0.2, -0.15) is 4.98 Å². The average molecular weight is 388 g/mol. The predicted molar refractivity (Wildman–Crippen MR) is 90.5 cm³/mol. The second-order valence-electron chi connectivity index (χ2n) is 6.21. The van der Waals surface area contributed by atoms with Crippen LogP contribution in [0, 0.1) is 12.7 Å². The number of sulfonamides is 1. The molecule has 0 saturated heterocycles. The largest absolute Gasteiger partial charge is 0.339 e. The Labute approximate surface area is 150 Å². The zero-order chi connectivity index (χ0) is 18.0. The highest BCUT2D eigenvalue weighted by atomic mass is 35.5. The lowest BCUT2D eigenvalue weighted by molar-refractivity contribution is 0.350. The fourth-order valence-electron chi connectivity index (χ4n) is 2.92. The highest BCUT2D eigenvalue weighted by molar-refractivity contribution is 7.89. The van der Waals surface area contributed by atoms with Crippen LogP contribution in [-0.4, -0.2) is 25.1 Å². The number of aryl methyl sites for hydroxylation is 1. The van der Waals surface area contributed by atoms with Crippen LogP contribution in [0.25, 0.3) is 0 Å². The molecule has 0 radical (unpaired) electrons. The summed E-state index contributed by atoms with van der Waals surface area (Å²) in [5, 5.41) is 3.75. The van der Waals surface area contributed by atoms with Crippen molar-refractivity contribution in [3.05, 3.63) is 40.3 Å². The standard InChI is InChI=1S/C16H19ClFN3O3S/c1-10-8-14(12(17)9-13(10)18)25(22,23)19-7-6-15-20-16(24-21-15)11-4-2-3-5-11/h8-9,11,19H,2-7H2,1H3. The molecule has 1 saturated carbocycles. The number of hydrogen-bond donors (Lipinski definition) is 1. The van der Waals surface area contributed by atoms with E-state index in [1.807, 2.05) is 0 Å². The third-order valence-corrected chi connectivity index (χ3v) is 6.26. The molecule has 0 unspecified atom stereocenters. The van der Waals surface area contributed by atoms with Gasteiger partial charge < -0.3 is 4.52 Å². The molecule has 9 heteroatoms. The van der Waals surface area contributed by atoms with E-state index in [9.17, 15) is 12.8 Å². The van der Waals surface area contributed by atoms with Crippen molar-refractivity contribution in [1.82, 2.24) is 14.9 Å². The Morgan fingerprint density at radius 2 is 2.08 bits per heavy atom. The summed E-state index contributed by atoms with van der Waals surface area (Å²) in [5.41, 5.74) is 0.212. The minimum atomic E-state index is -3.84. The quantitative estimate of drug-likeness (QED) is 0.821.